The Bertz CT molecular complexity index is 3580. The first kappa shape index (κ1) is 61.4. The minimum absolute atomic E-state index is 0.00677. The fraction of sp³-hybridized carbons (Fsp3) is 0.406. The topological polar surface area (TPSA) is 249 Å². The van der Waals surface area contributed by atoms with Crippen LogP contribution in [0.15, 0.2) is 91.0 Å². The van der Waals surface area contributed by atoms with E-state index in [9.17, 15) is 38.4 Å². The van der Waals surface area contributed by atoms with Crippen molar-refractivity contribution in [3.8, 4) is 17.2 Å². The SMILES string of the molecule is COc1cc2c(cc1OCc1cc(COc3cc4c(cc3C)C(=O)N3c5ccccc5C[C@H]3CC4)cc(NC(=O)[C@H](C)CC(=O)[C@H](C)NC(=O)CCCCC(=O)CCCN3C(=O)CC(S)C3=O)c1)CC[C@@H]1Cc3ccccc3N1C2=O.O=S(=O)=O. The zero-order valence-electron chi connectivity index (χ0n) is 48.0. The monoisotopic (exact) mass is 1200 g/mol. The number of hydrogen-bond donors (Lipinski definition) is 3. The van der Waals surface area contributed by atoms with Crippen LogP contribution in [0.2, 0.25) is 0 Å². The number of fused-ring (bicyclic) bond motifs is 8. The molecule has 19 nitrogen and oxygen atoms in total. The van der Waals surface area contributed by atoms with Gasteiger partial charge in [0.25, 0.3) is 11.8 Å². The fourth-order valence-electron chi connectivity index (χ4n) is 12.0. The summed E-state index contributed by atoms with van der Waals surface area (Å²) in [6.07, 6.45) is 6.41. The van der Waals surface area contributed by atoms with E-state index in [1.807, 2.05) is 83.5 Å². The van der Waals surface area contributed by atoms with Crippen LogP contribution in [0.3, 0.4) is 0 Å². The number of likely N-dealkylation sites (tertiary alicyclic amines) is 1. The Morgan fingerprint density at radius 1 is 0.671 bits per heavy atom. The van der Waals surface area contributed by atoms with Crippen LogP contribution in [0, 0.1) is 12.8 Å². The first-order valence-corrected chi connectivity index (χ1v) is 30.3. The van der Waals surface area contributed by atoms with Crippen LogP contribution >= 0.6 is 12.6 Å². The van der Waals surface area contributed by atoms with Crippen molar-refractivity contribution < 1.29 is 65.2 Å². The van der Waals surface area contributed by atoms with E-state index >= 15 is 0 Å². The molecule has 446 valence electrons. The lowest BCUT2D eigenvalue weighted by molar-refractivity contribution is -0.138. The zero-order chi connectivity index (χ0) is 60.6. The van der Waals surface area contributed by atoms with Crippen molar-refractivity contribution >= 4 is 87.3 Å². The number of nitrogens with zero attached hydrogens (tertiary/aromatic N) is 3. The maximum Gasteiger partial charge on any atom is 0.425 e. The molecule has 0 aliphatic carbocycles. The Balaban J connectivity index is 0.00000210. The standard InChI is InChI=1S/C64H69N5O11S.O3S/c1-37-24-50-42(19-21-47-29-44-12-5-8-16-52(44)68(47)62(50)75)31-55(37)79-35-40-26-41(36-80-57-32-43-20-22-48-30-45-13-6-9-17-53(45)69(48)63(76)51(43)33-56(57)78-4)28-46(27-40)66-61(74)38(2)25-54(71)39(3)65-59(72)18-10-7-14-49(70)15-11-23-67-60(73)34-58(81)64(67)77;1-4(2)3/h5-6,8-9,12-13,16-17,24,26-28,31-33,38-39,47-48,58,81H,7,10-11,14-15,18-23,25,29-30,34-36H2,1-4H3,(H,65,72)(H,66,74);/t38-,39+,47-,48-,58?;/m1./s1. The molecule has 5 heterocycles. The number of benzene rings is 5. The summed E-state index contributed by atoms with van der Waals surface area (Å²) in [6.45, 7) is 5.53. The molecular formula is C64H69N5O14S2. The van der Waals surface area contributed by atoms with Gasteiger partial charge in [0, 0.05) is 84.8 Å². The van der Waals surface area contributed by atoms with Crippen molar-refractivity contribution in [1.82, 2.24) is 10.2 Å². The number of imide groups is 1. The molecule has 85 heavy (non-hydrogen) atoms. The van der Waals surface area contributed by atoms with Gasteiger partial charge in [-0.15, -0.1) is 12.6 Å². The molecule has 10 rings (SSSR count). The van der Waals surface area contributed by atoms with Gasteiger partial charge in [0.2, 0.25) is 23.6 Å². The summed E-state index contributed by atoms with van der Waals surface area (Å²) in [5.74, 6) is -1.02. The van der Waals surface area contributed by atoms with Gasteiger partial charge in [-0.3, -0.25) is 43.3 Å². The number of para-hydroxylation sites is 2. The van der Waals surface area contributed by atoms with Gasteiger partial charge in [-0.1, -0.05) is 43.3 Å². The Morgan fingerprint density at radius 2 is 1.21 bits per heavy atom. The molecule has 2 N–H and O–H groups in total. The van der Waals surface area contributed by atoms with Crippen LogP contribution in [0.25, 0.3) is 0 Å². The van der Waals surface area contributed by atoms with E-state index in [0.29, 0.717) is 65.3 Å². The van der Waals surface area contributed by atoms with Gasteiger partial charge in [-0.2, -0.15) is 12.6 Å². The smallest absolute Gasteiger partial charge is 0.425 e. The van der Waals surface area contributed by atoms with Crippen molar-refractivity contribution in [2.45, 2.75) is 147 Å². The number of aryl methyl sites for hydroxylation is 3. The molecule has 6 amide bonds. The largest absolute Gasteiger partial charge is 0.493 e. The van der Waals surface area contributed by atoms with E-state index in [1.165, 1.54) is 5.56 Å². The first-order chi connectivity index (χ1) is 40.8. The minimum atomic E-state index is -3.11. The number of carbonyl (C=O) groups is 8. The second-order valence-electron chi connectivity index (χ2n) is 22.5. The number of thiol groups is 1. The summed E-state index contributed by atoms with van der Waals surface area (Å²) in [5, 5.41) is 5.12. The summed E-state index contributed by atoms with van der Waals surface area (Å²) >= 11 is 4.13. The number of methoxy groups -OCH3 is 1. The number of amides is 6. The third kappa shape index (κ3) is 14.5. The number of unbranched alkanes of at least 4 members (excludes halogenated alkanes) is 1. The van der Waals surface area contributed by atoms with Gasteiger partial charge in [0.05, 0.1) is 18.4 Å². The number of hydrogen-bond acceptors (Lipinski definition) is 15. The number of anilines is 3. The Hall–Kier alpha value is -8.17. The maximum absolute atomic E-state index is 14.2. The highest BCUT2D eigenvalue weighted by Crippen LogP contribution is 2.42. The summed E-state index contributed by atoms with van der Waals surface area (Å²) in [4.78, 5) is 110. The normalized spacial score (nSPS) is 18.0. The van der Waals surface area contributed by atoms with Crippen LogP contribution in [0.4, 0.5) is 17.1 Å². The quantitative estimate of drug-likeness (QED) is 0.0336. The van der Waals surface area contributed by atoms with Gasteiger partial charge in [0.1, 0.15) is 24.7 Å². The molecule has 0 bridgehead atoms. The van der Waals surface area contributed by atoms with Gasteiger partial charge < -0.3 is 34.6 Å². The third-order valence-electron chi connectivity index (χ3n) is 16.4. The first-order valence-electron chi connectivity index (χ1n) is 28.8. The van der Waals surface area contributed by atoms with Crippen LogP contribution < -0.4 is 34.6 Å². The lowest BCUT2D eigenvalue weighted by atomic mass is 9.98. The lowest BCUT2D eigenvalue weighted by Gasteiger charge is -2.23. The molecule has 5 aliphatic rings. The summed E-state index contributed by atoms with van der Waals surface area (Å²) in [6, 6.07) is 28.5. The molecule has 1 unspecified atom stereocenters. The highest BCUT2D eigenvalue weighted by molar-refractivity contribution is 7.81. The van der Waals surface area contributed by atoms with Gasteiger partial charge in [-0.25, -0.2) is 0 Å². The van der Waals surface area contributed by atoms with Gasteiger partial charge in [0.15, 0.2) is 17.3 Å². The van der Waals surface area contributed by atoms with E-state index in [-0.39, 0.29) is 105 Å². The Labute approximate surface area is 500 Å². The van der Waals surface area contributed by atoms with E-state index in [4.69, 9.17) is 26.8 Å². The summed E-state index contributed by atoms with van der Waals surface area (Å²) in [7, 11) is -1.57. The predicted octanol–water partition coefficient (Wildman–Crippen LogP) is 8.20. The zero-order valence-corrected chi connectivity index (χ0v) is 49.7. The Kier molecular flexibility index (Phi) is 19.7. The van der Waals surface area contributed by atoms with Gasteiger partial charge >= 0.3 is 10.6 Å². The molecule has 1 fully saturated rings. The number of carbonyl (C=O) groups excluding carboxylic acids is 8. The molecule has 0 saturated carbocycles. The van der Waals surface area contributed by atoms with Crippen molar-refractivity contribution in [3.05, 3.63) is 141 Å². The molecule has 0 spiro atoms. The number of ether oxygens (including phenoxy) is 3. The maximum atomic E-state index is 14.2. The summed E-state index contributed by atoms with van der Waals surface area (Å²) < 4.78 is 44.3. The van der Waals surface area contributed by atoms with Crippen molar-refractivity contribution in [2.75, 3.05) is 28.8 Å². The molecule has 5 atom stereocenters. The second kappa shape index (κ2) is 27.2. The molecule has 1 saturated heterocycles. The van der Waals surface area contributed by atoms with E-state index in [0.717, 1.165) is 76.2 Å². The predicted molar refractivity (Wildman–Crippen MR) is 319 cm³/mol. The number of ketones is 2. The van der Waals surface area contributed by atoms with E-state index in [2.05, 4.69) is 35.4 Å². The Morgan fingerprint density at radius 3 is 1.79 bits per heavy atom. The molecule has 5 aliphatic heterocycles. The van der Waals surface area contributed by atoms with Crippen molar-refractivity contribution in [1.29, 1.82) is 0 Å². The van der Waals surface area contributed by atoms with E-state index < -0.39 is 33.7 Å². The molecule has 5 aromatic rings. The molecule has 0 aromatic heterocycles. The highest BCUT2D eigenvalue weighted by Gasteiger charge is 2.40. The average Bonchev–Trinajstić information content (AvgIpc) is 3.87. The van der Waals surface area contributed by atoms with Crippen molar-refractivity contribution in [2.24, 2.45) is 5.92 Å². The molecular weight excluding hydrogens is 1130 g/mol. The second-order valence-corrected chi connectivity index (χ2v) is 23.5. The van der Waals surface area contributed by atoms with Crippen LogP contribution in [-0.2, 0) is 78.3 Å². The van der Waals surface area contributed by atoms with Crippen LogP contribution in [0.1, 0.15) is 138 Å². The highest BCUT2D eigenvalue weighted by atomic mass is 32.2. The minimum Gasteiger partial charge on any atom is -0.493 e. The van der Waals surface area contributed by atoms with Crippen LogP contribution in [0.5, 0.6) is 17.2 Å². The number of rotatable bonds is 22. The molecule has 5 aromatic carbocycles. The summed E-state index contributed by atoms with van der Waals surface area (Å²) in [5.41, 5.74) is 10.00. The third-order valence-corrected chi connectivity index (χ3v) is 16.8. The average molecular weight is 1200 g/mol. The number of nitrogens with one attached hydrogen (secondary N) is 2. The lowest BCUT2D eigenvalue weighted by Crippen LogP contribution is -2.39. The number of Topliss-reactive ketones (excluding diaryl/α,β-unsaturated/α-hetero) is 2. The van der Waals surface area contributed by atoms with Gasteiger partial charge in [-0.05, 0) is 165 Å². The van der Waals surface area contributed by atoms with E-state index in [1.54, 1.807) is 33.1 Å². The molecule has 21 heteroatoms. The van der Waals surface area contributed by atoms with Crippen molar-refractivity contribution in [3.63, 3.8) is 0 Å². The molecule has 0 radical (unpaired) electrons. The fourth-order valence-corrected chi connectivity index (χ4v) is 12.3. The van der Waals surface area contributed by atoms with Crippen LogP contribution in [-0.4, -0.2) is 102 Å².